The Morgan fingerprint density at radius 3 is 1.94 bits per heavy atom. The van der Waals surface area contributed by atoms with Gasteiger partial charge in [-0.25, -0.2) is 18.9 Å². The quantitative estimate of drug-likeness (QED) is 0.00654. The van der Waals surface area contributed by atoms with Crippen molar-refractivity contribution in [1.29, 1.82) is 0 Å². The van der Waals surface area contributed by atoms with Crippen LogP contribution in [0.25, 0.3) is 10.8 Å². The second-order valence-corrected chi connectivity index (χ2v) is 20.1. The first-order valence-electron chi connectivity index (χ1n) is 18.6. The van der Waals surface area contributed by atoms with Crippen LogP contribution >= 0.6 is 36.0 Å². The Morgan fingerprint density at radius 1 is 0.686 bits per heavy atom. The van der Waals surface area contributed by atoms with E-state index in [0.717, 1.165) is 24.3 Å². The predicted molar refractivity (Wildman–Crippen MR) is 251 cm³/mol. The number of phenols is 1. The molecule has 6 aromatic rings. The van der Waals surface area contributed by atoms with Gasteiger partial charge in [0.15, 0.2) is 27.9 Å². The van der Waals surface area contributed by atoms with Crippen LogP contribution in [0.15, 0.2) is 141 Å². The summed E-state index contributed by atoms with van der Waals surface area (Å²) in [7, 11) is -14.7. The number of nitrogens with zero attached hydrogens (tertiary/aromatic N) is 6. The molecule has 27 nitrogen and oxygen atoms in total. The molecule has 1 amide bonds. The average molecular weight is 1080 g/mol. The molecule has 70 heavy (non-hydrogen) atoms. The number of aromatic hydroxyl groups is 1. The number of fused-ring (bicyclic) bond motifs is 1. The van der Waals surface area contributed by atoms with Crippen molar-refractivity contribution in [3.8, 4) is 5.75 Å². The van der Waals surface area contributed by atoms with Crippen LogP contribution in [0, 0.1) is 0 Å². The maximum atomic E-state index is 13.1. The number of halogens is 1. The van der Waals surface area contributed by atoms with Gasteiger partial charge in [-0.2, -0.15) is 27.1 Å². The van der Waals surface area contributed by atoms with E-state index >= 15 is 0 Å². The molecule has 368 valence electrons. The predicted octanol–water partition coefficient (Wildman–Crippen LogP) is 9.14. The molecule has 0 aliphatic rings. The molecule has 0 radical (unpaired) electrons. The highest BCUT2D eigenvalue weighted by Gasteiger charge is 2.27. The number of rotatable bonds is 20. The van der Waals surface area contributed by atoms with Gasteiger partial charge in [0.25, 0.3) is 26.1 Å². The van der Waals surface area contributed by atoms with Gasteiger partial charge in [-0.1, -0.05) is 21.7 Å². The lowest BCUT2D eigenvalue weighted by Crippen LogP contribution is -2.12. The van der Waals surface area contributed by atoms with E-state index in [4.69, 9.17) is 43.5 Å². The van der Waals surface area contributed by atoms with Gasteiger partial charge in [0, 0.05) is 11.3 Å². The molecule has 0 aliphatic carbocycles. The molecule has 0 saturated carbocycles. The molecule has 0 fully saturated rings. The van der Waals surface area contributed by atoms with Crippen molar-refractivity contribution in [2.24, 2.45) is 30.7 Å². The summed E-state index contributed by atoms with van der Waals surface area (Å²) in [6, 6.07) is 18.8. The van der Waals surface area contributed by atoms with Crippen molar-refractivity contribution in [2.75, 3.05) is 34.9 Å². The van der Waals surface area contributed by atoms with E-state index in [9.17, 15) is 44.3 Å². The van der Waals surface area contributed by atoms with E-state index in [1.807, 2.05) is 0 Å². The fraction of sp³-hybridized carbons (Fsp3) is 0.0541. The summed E-state index contributed by atoms with van der Waals surface area (Å²) in [4.78, 5) is 10.2. The zero-order valence-corrected chi connectivity index (χ0v) is 39.4. The molecule has 0 saturated heterocycles. The van der Waals surface area contributed by atoms with Crippen LogP contribution in [0.2, 0.25) is 5.02 Å². The SMILES string of the molecule is Nc1cc(N)c(N=Nc2ccc(NC(=O)c3ccc(N=Nc4c(S(=O)(=O)O)cc5cc(SOOO)c(N=Nc6ccc(S(=O)(=O)CCOSOOO)cc6S(=O)(=O)O)c(N)c5c4O)cc3)cc2)cc1Cl. The van der Waals surface area contributed by atoms with Crippen molar-refractivity contribution in [1.82, 2.24) is 0 Å². The normalized spacial score (nSPS) is 12.5. The van der Waals surface area contributed by atoms with Crippen LogP contribution in [0.3, 0.4) is 0 Å². The van der Waals surface area contributed by atoms with Crippen molar-refractivity contribution in [3.63, 3.8) is 0 Å². The van der Waals surface area contributed by atoms with Crippen molar-refractivity contribution >= 4 is 140 Å². The fourth-order valence-corrected chi connectivity index (χ4v) is 9.31. The zero-order chi connectivity index (χ0) is 51.0. The first-order chi connectivity index (χ1) is 33.1. The van der Waals surface area contributed by atoms with Crippen LogP contribution in [0.4, 0.5) is 56.9 Å². The highest BCUT2D eigenvalue weighted by atomic mass is 35.5. The molecule has 0 bridgehead atoms. The van der Waals surface area contributed by atoms with Crippen molar-refractivity contribution < 1.29 is 77.7 Å². The van der Waals surface area contributed by atoms with E-state index in [2.05, 4.69) is 54.7 Å². The number of benzene rings is 6. The number of sulfone groups is 1. The third-order valence-electron chi connectivity index (χ3n) is 9.05. The lowest BCUT2D eigenvalue weighted by molar-refractivity contribution is -0.434. The largest absolute Gasteiger partial charge is 0.505 e. The second kappa shape index (κ2) is 22.5. The van der Waals surface area contributed by atoms with E-state index in [0.29, 0.717) is 23.1 Å². The molecular weight excluding hydrogens is 1050 g/mol. The summed E-state index contributed by atoms with van der Waals surface area (Å²) in [6.07, 6.45) is 0. The number of phenolic OH excluding ortho intramolecular Hbond substituents is 1. The lowest BCUT2D eigenvalue weighted by Gasteiger charge is -2.14. The molecule has 0 aromatic heterocycles. The minimum atomic E-state index is -5.22. The lowest BCUT2D eigenvalue weighted by atomic mass is 10.1. The Labute approximate surface area is 407 Å². The number of carbonyl (C=O) groups excluding carboxylic acids is 1. The van der Waals surface area contributed by atoms with E-state index in [-0.39, 0.29) is 62.3 Å². The Balaban J connectivity index is 1.28. The number of nitrogens with two attached hydrogens (primary N) is 3. The van der Waals surface area contributed by atoms with Gasteiger partial charge >= 0.3 is 0 Å². The monoisotopic (exact) mass is 1080 g/mol. The van der Waals surface area contributed by atoms with Crippen molar-refractivity contribution in [3.05, 3.63) is 102 Å². The summed E-state index contributed by atoms with van der Waals surface area (Å²) in [5.41, 5.74) is 17.4. The zero-order valence-electron chi connectivity index (χ0n) is 34.5. The minimum absolute atomic E-state index is 0.0222. The smallest absolute Gasteiger partial charge is 0.296 e. The molecule has 12 N–H and O–H groups in total. The molecule has 0 heterocycles. The first kappa shape index (κ1) is 52.9. The van der Waals surface area contributed by atoms with Crippen LogP contribution in [-0.4, -0.2) is 68.2 Å². The average Bonchev–Trinajstić information content (AvgIpc) is 3.30. The van der Waals surface area contributed by atoms with Gasteiger partial charge in [0.1, 0.15) is 32.5 Å². The molecule has 6 aromatic carbocycles. The Kier molecular flexibility index (Phi) is 17.0. The third kappa shape index (κ3) is 13.0. The number of nitrogens with one attached hydrogen (secondary N) is 1. The Morgan fingerprint density at radius 2 is 1.30 bits per heavy atom. The molecular formula is C37H31ClN10O17S5. The summed E-state index contributed by atoms with van der Waals surface area (Å²) in [6.45, 7) is -0.536. The van der Waals surface area contributed by atoms with Crippen LogP contribution in [0.5, 0.6) is 5.75 Å². The van der Waals surface area contributed by atoms with E-state index in [1.54, 1.807) is 24.3 Å². The van der Waals surface area contributed by atoms with E-state index in [1.165, 1.54) is 36.4 Å². The Bertz CT molecular complexity index is 3410. The summed E-state index contributed by atoms with van der Waals surface area (Å²) < 4.78 is 109. The molecule has 33 heteroatoms. The number of azo groups is 3. The molecule has 0 spiro atoms. The summed E-state index contributed by atoms with van der Waals surface area (Å²) in [5, 5.41) is 61.5. The number of nitrogen functional groups attached to an aromatic ring is 3. The van der Waals surface area contributed by atoms with Crippen LogP contribution in [-0.2, 0) is 53.0 Å². The number of carbonyl (C=O) groups is 1. The van der Waals surface area contributed by atoms with Gasteiger partial charge in [-0.3, -0.25) is 18.1 Å². The molecule has 6 rings (SSSR count). The number of hydrogen-bond acceptors (Lipinski definition) is 26. The van der Waals surface area contributed by atoms with Gasteiger partial charge in [0.05, 0.1) is 73.0 Å². The Hall–Kier alpha value is -6.47. The summed E-state index contributed by atoms with van der Waals surface area (Å²) >= 11 is 6.33. The first-order valence-corrected chi connectivity index (χ1v) is 24.9. The molecule has 0 unspecified atom stereocenters. The van der Waals surface area contributed by atoms with Gasteiger partial charge in [-0.15, -0.1) is 29.1 Å². The van der Waals surface area contributed by atoms with Crippen LogP contribution in [0.1, 0.15) is 10.4 Å². The third-order valence-corrected chi connectivity index (χ3v) is 13.8. The molecule has 0 atom stereocenters. The maximum Gasteiger partial charge on any atom is 0.296 e. The second-order valence-electron chi connectivity index (χ2n) is 13.5. The fourth-order valence-electron chi connectivity index (χ4n) is 5.83. The highest BCUT2D eigenvalue weighted by molar-refractivity contribution is 7.94. The number of anilines is 4. The van der Waals surface area contributed by atoms with E-state index < -0.39 is 96.9 Å². The van der Waals surface area contributed by atoms with Crippen LogP contribution < -0.4 is 22.5 Å². The maximum absolute atomic E-state index is 13.1. The van der Waals surface area contributed by atoms with Crippen molar-refractivity contribution in [2.45, 2.75) is 19.6 Å². The standard InChI is InChI=1S/C37H31ClN10O17S5/c38-24-16-28(26(40)17-25(24)39)46-43-22-7-5-20(6-8-22)42-37(50)18-1-3-21(4-2-18)44-48-35-31(70(58,59)60)14-19-13-29(66-64-62-51)34(33(41)32(19)36(35)49)47-45-27-10-9-23(15-30(27)69(55,56)57)68(53,54)12-11-61-67-65-63-52/h1-10,13-17,49,51-52H,11-12,39-41H2,(H,42,50)(H,55,56,57)(H,58,59,60). The number of hydrogen-bond donors (Lipinski definition) is 9. The van der Waals surface area contributed by atoms with Gasteiger partial charge in [0.2, 0.25) is 0 Å². The molecule has 0 aliphatic heterocycles. The highest BCUT2D eigenvalue weighted by Crippen LogP contribution is 2.49. The summed E-state index contributed by atoms with van der Waals surface area (Å²) in [5.74, 6) is -2.28. The minimum Gasteiger partial charge on any atom is -0.505 e. The topological polar surface area (TPSA) is 431 Å². The number of amides is 1. The van der Waals surface area contributed by atoms with Gasteiger partial charge in [-0.05, 0) is 96.4 Å². The van der Waals surface area contributed by atoms with Gasteiger partial charge < -0.3 is 27.6 Å².